The number of hydrogen-bond donors (Lipinski definition) is 1. The Balaban J connectivity index is 2.20. The van der Waals surface area contributed by atoms with Crippen LogP contribution in [0.4, 0.5) is 4.39 Å². The Hall–Kier alpha value is -1.78. The molecule has 3 nitrogen and oxygen atoms in total. The molecule has 0 atom stereocenters. The van der Waals surface area contributed by atoms with Crippen LogP contribution in [0.15, 0.2) is 36.4 Å². The van der Waals surface area contributed by atoms with Crippen molar-refractivity contribution >= 4 is 11.6 Å². The van der Waals surface area contributed by atoms with Crippen LogP contribution in [0.25, 0.3) is 0 Å². The molecule has 0 bridgehead atoms. The van der Waals surface area contributed by atoms with Gasteiger partial charge in [0.2, 0.25) is 0 Å². The lowest BCUT2D eigenvalue weighted by Gasteiger charge is -2.13. The number of methoxy groups -OCH3 is 1. The maximum atomic E-state index is 13.1. The minimum absolute atomic E-state index is 0.139. The van der Waals surface area contributed by atoms with Crippen LogP contribution in [0.3, 0.4) is 0 Å². The van der Waals surface area contributed by atoms with Crippen molar-refractivity contribution in [3.05, 3.63) is 58.4 Å². The summed E-state index contributed by atoms with van der Waals surface area (Å²) in [5.74, 6) is 0.480. The first-order valence-electron chi connectivity index (χ1n) is 5.98. The second-order valence-corrected chi connectivity index (χ2v) is 4.59. The number of ether oxygens (including phenoxy) is 2. The summed E-state index contributed by atoms with van der Waals surface area (Å²) in [7, 11) is 1.49. The zero-order chi connectivity index (χ0) is 14.5. The van der Waals surface area contributed by atoms with Crippen LogP contribution in [0.1, 0.15) is 11.1 Å². The predicted octanol–water partition coefficient (Wildman–Crippen LogP) is 3.56. The summed E-state index contributed by atoms with van der Waals surface area (Å²) in [5, 5.41) is 9.45. The molecule has 2 rings (SSSR count). The van der Waals surface area contributed by atoms with E-state index < -0.39 is 0 Å². The third-order valence-electron chi connectivity index (χ3n) is 2.74. The molecule has 2 aromatic rings. The van der Waals surface area contributed by atoms with Gasteiger partial charge in [-0.3, -0.25) is 0 Å². The number of benzene rings is 2. The third kappa shape index (κ3) is 3.40. The first-order chi connectivity index (χ1) is 9.63. The van der Waals surface area contributed by atoms with E-state index in [2.05, 4.69) is 0 Å². The molecule has 0 saturated heterocycles. The monoisotopic (exact) mass is 296 g/mol. The van der Waals surface area contributed by atoms with Gasteiger partial charge in [-0.15, -0.1) is 0 Å². The van der Waals surface area contributed by atoms with E-state index in [9.17, 15) is 4.39 Å². The average molecular weight is 297 g/mol. The lowest BCUT2D eigenvalue weighted by molar-refractivity contribution is 0.274. The summed E-state index contributed by atoms with van der Waals surface area (Å²) >= 11 is 6.10. The lowest BCUT2D eigenvalue weighted by atomic mass is 10.2. The molecule has 0 radical (unpaired) electrons. The Labute approximate surface area is 121 Å². The molecule has 0 fully saturated rings. The summed E-state index contributed by atoms with van der Waals surface area (Å²) < 4.78 is 23.9. The molecule has 5 heteroatoms. The lowest BCUT2D eigenvalue weighted by Crippen LogP contribution is -2.00. The Morgan fingerprint density at radius 2 is 2.00 bits per heavy atom. The van der Waals surface area contributed by atoms with E-state index >= 15 is 0 Å². The normalized spacial score (nSPS) is 10.4. The predicted molar refractivity (Wildman–Crippen MR) is 74.7 cm³/mol. The van der Waals surface area contributed by atoms with Gasteiger partial charge in [0, 0.05) is 0 Å². The molecule has 0 saturated carbocycles. The molecule has 1 N–H and O–H groups in total. The van der Waals surface area contributed by atoms with Crippen molar-refractivity contribution in [3.8, 4) is 11.5 Å². The van der Waals surface area contributed by atoms with Crippen LogP contribution in [0.5, 0.6) is 11.5 Å². The van der Waals surface area contributed by atoms with E-state index in [0.29, 0.717) is 27.6 Å². The molecule has 0 aliphatic rings. The highest BCUT2D eigenvalue weighted by Crippen LogP contribution is 2.36. The zero-order valence-corrected chi connectivity index (χ0v) is 11.7. The largest absolute Gasteiger partial charge is 0.493 e. The van der Waals surface area contributed by atoms with E-state index in [1.165, 1.54) is 19.2 Å². The van der Waals surface area contributed by atoms with Crippen molar-refractivity contribution < 1.29 is 19.0 Å². The van der Waals surface area contributed by atoms with Gasteiger partial charge in [-0.05, 0) is 35.4 Å². The summed E-state index contributed by atoms with van der Waals surface area (Å²) in [4.78, 5) is 0. The van der Waals surface area contributed by atoms with E-state index in [1.54, 1.807) is 24.3 Å². The molecule has 0 unspecified atom stereocenters. The van der Waals surface area contributed by atoms with Gasteiger partial charge in [-0.2, -0.15) is 0 Å². The molecular formula is C15H14ClFO3. The second-order valence-electron chi connectivity index (χ2n) is 4.19. The summed E-state index contributed by atoms with van der Waals surface area (Å²) in [6, 6.07) is 9.38. The maximum absolute atomic E-state index is 13.1. The Morgan fingerprint density at radius 1 is 1.20 bits per heavy atom. The molecule has 0 heterocycles. The minimum atomic E-state index is -0.320. The van der Waals surface area contributed by atoms with Gasteiger partial charge < -0.3 is 14.6 Å². The first kappa shape index (κ1) is 14.6. The van der Waals surface area contributed by atoms with Gasteiger partial charge >= 0.3 is 0 Å². The molecule has 0 spiro atoms. The SMILES string of the molecule is COc1cc(CO)cc(Cl)c1OCc1cccc(F)c1. The number of aliphatic hydroxyl groups excluding tert-OH is 1. The molecule has 0 amide bonds. The average Bonchev–Trinajstić information content (AvgIpc) is 2.45. The zero-order valence-electron chi connectivity index (χ0n) is 10.9. The Bertz CT molecular complexity index is 602. The quantitative estimate of drug-likeness (QED) is 0.917. The van der Waals surface area contributed by atoms with Crippen molar-refractivity contribution in [2.24, 2.45) is 0 Å². The molecule has 0 aliphatic carbocycles. The number of halogens is 2. The van der Waals surface area contributed by atoms with Gasteiger partial charge in [0.15, 0.2) is 11.5 Å². The molecule has 0 aliphatic heterocycles. The fourth-order valence-electron chi connectivity index (χ4n) is 1.79. The fraction of sp³-hybridized carbons (Fsp3) is 0.200. The van der Waals surface area contributed by atoms with Crippen LogP contribution < -0.4 is 9.47 Å². The topological polar surface area (TPSA) is 38.7 Å². The van der Waals surface area contributed by atoms with Gasteiger partial charge in [-0.25, -0.2) is 4.39 Å². The van der Waals surface area contributed by atoms with Gasteiger partial charge in [-0.1, -0.05) is 23.7 Å². The molecule has 2 aromatic carbocycles. The Morgan fingerprint density at radius 3 is 2.65 bits per heavy atom. The van der Waals surface area contributed by atoms with Gasteiger partial charge in [0.05, 0.1) is 18.7 Å². The second kappa shape index (κ2) is 6.59. The smallest absolute Gasteiger partial charge is 0.180 e. The van der Waals surface area contributed by atoms with Gasteiger partial charge in [0.25, 0.3) is 0 Å². The summed E-state index contributed by atoms with van der Waals surface area (Å²) in [6.45, 7) is 0.0343. The van der Waals surface area contributed by atoms with Crippen LogP contribution in [0.2, 0.25) is 5.02 Å². The minimum Gasteiger partial charge on any atom is -0.493 e. The Kier molecular flexibility index (Phi) is 4.82. The number of rotatable bonds is 5. The highest BCUT2D eigenvalue weighted by atomic mass is 35.5. The molecular weight excluding hydrogens is 283 g/mol. The van der Waals surface area contributed by atoms with Crippen molar-refractivity contribution in [2.75, 3.05) is 7.11 Å². The van der Waals surface area contributed by atoms with Crippen LogP contribution in [0, 0.1) is 5.82 Å². The van der Waals surface area contributed by atoms with Gasteiger partial charge in [0.1, 0.15) is 12.4 Å². The van der Waals surface area contributed by atoms with Crippen molar-refractivity contribution in [2.45, 2.75) is 13.2 Å². The maximum Gasteiger partial charge on any atom is 0.180 e. The van der Waals surface area contributed by atoms with E-state index in [1.807, 2.05) is 0 Å². The van der Waals surface area contributed by atoms with E-state index in [4.69, 9.17) is 26.2 Å². The van der Waals surface area contributed by atoms with Crippen molar-refractivity contribution in [3.63, 3.8) is 0 Å². The van der Waals surface area contributed by atoms with Crippen LogP contribution in [-0.2, 0) is 13.2 Å². The summed E-state index contributed by atoms with van der Waals surface area (Å²) in [6.07, 6.45) is 0. The highest BCUT2D eigenvalue weighted by Gasteiger charge is 2.12. The standard InChI is InChI=1S/C15H14ClFO3/c1-19-14-7-11(8-18)6-13(16)15(14)20-9-10-3-2-4-12(17)5-10/h2-7,18H,8-9H2,1H3. The highest BCUT2D eigenvalue weighted by molar-refractivity contribution is 6.32. The molecule has 0 aromatic heterocycles. The third-order valence-corrected chi connectivity index (χ3v) is 3.02. The number of hydrogen-bond acceptors (Lipinski definition) is 3. The van der Waals surface area contributed by atoms with Crippen molar-refractivity contribution in [1.29, 1.82) is 0 Å². The molecule has 20 heavy (non-hydrogen) atoms. The number of aliphatic hydroxyl groups is 1. The van der Waals surface area contributed by atoms with Crippen LogP contribution in [-0.4, -0.2) is 12.2 Å². The van der Waals surface area contributed by atoms with Crippen LogP contribution >= 0.6 is 11.6 Å². The van der Waals surface area contributed by atoms with E-state index in [-0.39, 0.29) is 19.0 Å². The summed E-state index contributed by atoms with van der Waals surface area (Å²) in [5.41, 5.74) is 1.32. The van der Waals surface area contributed by atoms with E-state index in [0.717, 1.165) is 0 Å². The van der Waals surface area contributed by atoms with Crippen molar-refractivity contribution in [1.82, 2.24) is 0 Å². The molecule has 106 valence electrons. The fourth-order valence-corrected chi connectivity index (χ4v) is 2.07. The first-order valence-corrected chi connectivity index (χ1v) is 6.36.